The summed E-state index contributed by atoms with van der Waals surface area (Å²) in [5, 5.41) is 3.98. The van der Waals surface area contributed by atoms with Crippen LogP contribution in [0.3, 0.4) is 0 Å². The zero-order valence-corrected chi connectivity index (χ0v) is 17.6. The van der Waals surface area contributed by atoms with Crippen molar-refractivity contribution in [3.8, 4) is 11.5 Å². The number of nitrogens with zero attached hydrogens (tertiary/aromatic N) is 2. The topological polar surface area (TPSA) is 106 Å². The first-order valence-corrected chi connectivity index (χ1v) is 9.84. The summed E-state index contributed by atoms with van der Waals surface area (Å²) in [4.78, 5) is 26.0. The molecule has 0 aliphatic carbocycles. The van der Waals surface area contributed by atoms with Crippen LogP contribution >= 0.6 is 0 Å². The van der Waals surface area contributed by atoms with Gasteiger partial charge in [0.15, 0.2) is 18.1 Å². The molecule has 0 radical (unpaired) electrons. The first-order chi connectivity index (χ1) is 14.5. The van der Waals surface area contributed by atoms with Crippen LogP contribution in [-0.4, -0.2) is 49.2 Å². The van der Waals surface area contributed by atoms with E-state index in [-0.39, 0.29) is 18.4 Å². The van der Waals surface area contributed by atoms with Crippen molar-refractivity contribution in [3.05, 3.63) is 53.6 Å². The van der Waals surface area contributed by atoms with Crippen LogP contribution < -0.4 is 20.6 Å². The van der Waals surface area contributed by atoms with Gasteiger partial charge in [-0.05, 0) is 62.7 Å². The lowest BCUT2D eigenvalue weighted by molar-refractivity contribution is -0.133. The second kappa shape index (κ2) is 11.5. The van der Waals surface area contributed by atoms with E-state index in [9.17, 15) is 9.59 Å². The molecule has 2 rings (SSSR count). The maximum absolute atomic E-state index is 12.1. The van der Waals surface area contributed by atoms with Gasteiger partial charge in [-0.25, -0.2) is 5.43 Å². The number of nitrogens with one attached hydrogen (secondary N) is 1. The van der Waals surface area contributed by atoms with E-state index >= 15 is 0 Å². The maximum Gasteiger partial charge on any atom is 0.271 e. The number of rotatable bonds is 10. The Kier molecular flexibility index (Phi) is 8.68. The number of ether oxygens (including phenoxy) is 2. The van der Waals surface area contributed by atoms with Crippen LogP contribution in [0.25, 0.3) is 0 Å². The van der Waals surface area contributed by atoms with E-state index in [0.717, 1.165) is 0 Å². The lowest BCUT2D eigenvalue weighted by Gasteiger charge is -2.19. The highest BCUT2D eigenvalue weighted by Gasteiger charge is 2.13. The van der Waals surface area contributed by atoms with Gasteiger partial charge >= 0.3 is 0 Å². The molecule has 0 aliphatic heterocycles. The molecule has 0 fully saturated rings. The fourth-order valence-electron chi connectivity index (χ4n) is 2.71. The van der Waals surface area contributed by atoms with Crippen LogP contribution in [0.4, 0.5) is 5.69 Å². The minimum Gasteiger partial charge on any atom is -0.490 e. The van der Waals surface area contributed by atoms with E-state index in [0.29, 0.717) is 48.0 Å². The summed E-state index contributed by atoms with van der Waals surface area (Å²) in [7, 11) is 0. The standard InChI is InChI=1S/C22H28N4O4/c1-4-26(5-2)21(27)15-30-19-11-10-16(12-20(19)29-6-3)14-24-25-22(28)17-8-7-9-18(23)13-17/h7-14H,4-6,15,23H2,1-3H3,(H,25,28)/b24-14-. The van der Waals surface area contributed by atoms with Crippen LogP contribution in [0.15, 0.2) is 47.6 Å². The maximum atomic E-state index is 12.1. The van der Waals surface area contributed by atoms with E-state index < -0.39 is 0 Å². The van der Waals surface area contributed by atoms with Gasteiger partial charge in [-0.15, -0.1) is 0 Å². The van der Waals surface area contributed by atoms with E-state index in [1.807, 2.05) is 20.8 Å². The van der Waals surface area contributed by atoms with E-state index in [4.69, 9.17) is 15.2 Å². The fourth-order valence-corrected chi connectivity index (χ4v) is 2.71. The van der Waals surface area contributed by atoms with Gasteiger partial charge in [0.25, 0.3) is 11.8 Å². The minimum absolute atomic E-state index is 0.0640. The first kappa shape index (κ1) is 22.7. The highest BCUT2D eigenvalue weighted by Crippen LogP contribution is 2.28. The largest absolute Gasteiger partial charge is 0.490 e. The number of hydrogen-bond donors (Lipinski definition) is 2. The highest BCUT2D eigenvalue weighted by molar-refractivity contribution is 5.95. The van der Waals surface area contributed by atoms with Gasteiger partial charge in [0.1, 0.15) is 0 Å². The molecule has 30 heavy (non-hydrogen) atoms. The van der Waals surface area contributed by atoms with Gasteiger partial charge < -0.3 is 20.1 Å². The number of carbonyl (C=O) groups excluding carboxylic acids is 2. The number of hydrazone groups is 1. The zero-order valence-electron chi connectivity index (χ0n) is 17.6. The number of nitrogen functional groups attached to an aromatic ring is 1. The highest BCUT2D eigenvalue weighted by atomic mass is 16.5. The summed E-state index contributed by atoms with van der Waals surface area (Å²) in [6.07, 6.45) is 1.50. The Bertz CT molecular complexity index is 894. The minimum atomic E-state index is -0.363. The third-order valence-electron chi connectivity index (χ3n) is 4.26. The molecule has 0 atom stereocenters. The van der Waals surface area contributed by atoms with Crippen molar-refractivity contribution < 1.29 is 19.1 Å². The molecule has 160 valence electrons. The lowest BCUT2D eigenvalue weighted by Crippen LogP contribution is -2.34. The van der Waals surface area contributed by atoms with Crippen molar-refractivity contribution in [3.63, 3.8) is 0 Å². The van der Waals surface area contributed by atoms with Gasteiger partial charge in [0.05, 0.1) is 12.8 Å². The monoisotopic (exact) mass is 412 g/mol. The molecule has 8 nitrogen and oxygen atoms in total. The van der Waals surface area contributed by atoms with Crippen molar-refractivity contribution in [1.29, 1.82) is 0 Å². The molecule has 2 amide bonds. The average Bonchev–Trinajstić information content (AvgIpc) is 2.74. The molecule has 0 unspecified atom stereocenters. The molecular weight excluding hydrogens is 384 g/mol. The van der Waals surface area contributed by atoms with Crippen molar-refractivity contribution in [2.45, 2.75) is 20.8 Å². The summed E-state index contributed by atoms with van der Waals surface area (Å²) < 4.78 is 11.3. The van der Waals surface area contributed by atoms with E-state index in [1.54, 1.807) is 47.4 Å². The van der Waals surface area contributed by atoms with Gasteiger partial charge in [-0.1, -0.05) is 6.07 Å². The third kappa shape index (κ3) is 6.51. The fraction of sp³-hybridized carbons (Fsp3) is 0.318. The smallest absolute Gasteiger partial charge is 0.271 e. The van der Waals surface area contributed by atoms with Gasteiger partial charge in [0, 0.05) is 24.3 Å². The normalized spacial score (nSPS) is 10.6. The molecule has 2 aromatic carbocycles. The number of amides is 2. The summed E-state index contributed by atoms with van der Waals surface area (Å²) in [6.45, 7) is 7.34. The summed E-state index contributed by atoms with van der Waals surface area (Å²) >= 11 is 0. The number of likely N-dealkylation sites (N-methyl/N-ethyl adjacent to an activating group) is 1. The van der Waals surface area contributed by atoms with Crippen molar-refractivity contribution in [1.82, 2.24) is 10.3 Å². The predicted molar refractivity (Wildman–Crippen MR) is 117 cm³/mol. The number of benzene rings is 2. The molecule has 0 aromatic heterocycles. The molecule has 0 heterocycles. The quantitative estimate of drug-likeness (QED) is 0.354. The third-order valence-corrected chi connectivity index (χ3v) is 4.26. The Morgan fingerprint density at radius 2 is 1.83 bits per heavy atom. The van der Waals surface area contributed by atoms with Gasteiger partial charge in [-0.2, -0.15) is 5.10 Å². The molecule has 0 saturated heterocycles. The Hall–Kier alpha value is -3.55. The van der Waals surface area contributed by atoms with Crippen LogP contribution in [-0.2, 0) is 4.79 Å². The Labute approximate surface area is 176 Å². The second-order valence-electron chi connectivity index (χ2n) is 6.32. The van der Waals surface area contributed by atoms with Gasteiger partial charge in [-0.3, -0.25) is 9.59 Å². The number of anilines is 1. The van der Waals surface area contributed by atoms with Crippen LogP contribution in [0.1, 0.15) is 36.7 Å². The van der Waals surface area contributed by atoms with Crippen molar-refractivity contribution in [2.75, 3.05) is 32.0 Å². The Balaban J connectivity index is 2.03. The van der Waals surface area contributed by atoms with Crippen LogP contribution in [0.5, 0.6) is 11.5 Å². The molecule has 0 spiro atoms. The average molecular weight is 412 g/mol. The summed E-state index contributed by atoms with van der Waals surface area (Å²) in [6, 6.07) is 11.8. The molecule has 8 heteroatoms. The van der Waals surface area contributed by atoms with Crippen molar-refractivity contribution in [2.24, 2.45) is 5.10 Å². The van der Waals surface area contributed by atoms with E-state index in [2.05, 4.69) is 10.5 Å². The van der Waals surface area contributed by atoms with Gasteiger partial charge in [0.2, 0.25) is 0 Å². The van der Waals surface area contributed by atoms with E-state index in [1.165, 1.54) is 6.21 Å². The zero-order chi connectivity index (χ0) is 21.9. The molecule has 2 aromatic rings. The molecule has 0 bridgehead atoms. The van der Waals surface area contributed by atoms with Crippen LogP contribution in [0.2, 0.25) is 0 Å². The number of hydrogen-bond acceptors (Lipinski definition) is 6. The first-order valence-electron chi connectivity index (χ1n) is 9.84. The number of nitrogens with two attached hydrogens (primary N) is 1. The molecular formula is C22H28N4O4. The Morgan fingerprint density at radius 1 is 1.07 bits per heavy atom. The summed E-state index contributed by atoms with van der Waals surface area (Å²) in [5.41, 5.74) is 9.77. The predicted octanol–water partition coefficient (Wildman–Crippen LogP) is 2.68. The molecule has 0 aliphatic rings. The molecule has 3 N–H and O–H groups in total. The second-order valence-corrected chi connectivity index (χ2v) is 6.32. The van der Waals surface area contributed by atoms with Crippen LogP contribution in [0, 0.1) is 0 Å². The SMILES string of the molecule is CCOc1cc(/C=N\NC(=O)c2cccc(N)c2)ccc1OCC(=O)N(CC)CC. The summed E-state index contributed by atoms with van der Waals surface area (Å²) in [5.74, 6) is 0.519. The lowest BCUT2D eigenvalue weighted by atomic mass is 10.2. The Morgan fingerprint density at radius 3 is 2.50 bits per heavy atom. The number of carbonyl (C=O) groups is 2. The molecule has 0 saturated carbocycles. The van der Waals surface area contributed by atoms with Crippen molar-refractivity contribution >= 4 is 23.7 Å².